The van der Waals surface area contributed by atoms with E-state index in [4.69, 9.17) is 19.9 Å². The Labute approximate surface area is 109 Å². The molecule has 0 saturated heterocycles. The Morgan fingerprint density at radius 2 is 1.83 bits per heavy atom. The molecule has 0 aromatic heterocycles. The van der Waals surface area contributed by atoms with Gasteiger partial charge in [-0.25, -0.2) is 0 Å². The van der Waals surface area contributed by atoms with Crippen molar-refractivity contribution in [3.05, 3.63) is 23.8 Å². The Bertz CT molecular complexity index is 320. The molecule has 1 aromatic carbocycles. The quantitative estimate of drug-likeness (QED) is 0.686. The van der Waals surface area contributed by atoms with Gasteiger partial charge >= 0.3 is 0 Å². The van der Waals surface area contributed by atoms with E-state index in [2.05, 4.69) is 6.92 Å². The molecule has 18 heavy (non-hydrogen) atoms. The highest BCUT2D eigenvalue weighted by Crippen LogP contribution is 2.22. The Morgan fingerprint density at radius 3 is 2.50 bits per heavy atom. The standard InChI is InChI=1S/C14H23NO3/c1-3-4-5-17-6-7-18-14-9-12(11-15)8-13(10-14)16-2/h8-10H,3-7,11,15H2,1-2H3. The van der Waals surface area contributed by atoms with Crippen molar-refractivity contribution in [2.75, 3.05) is 26.9 Å². The molecule has 0 unspecified atom stereocenters. The first-order valence-corrected chi connectivity index (χ1v) is 6.38. The van der Waals surface area contributed by atoms with Gasteiger partial charge in [-0.2, -0.15) is 0 Å². The van der Waals surface area contributed by atoms with E-state index >= 15 is 0 Å². The molecule has 4 nitrogen and oxygen atoms in total. The van der Waals surface area contributed by atoms with Gasteiger partial charge in [-0.1, -0.05) is 13.3 Å². The molecule has 4 heteroatoms. The van der Waals surface area contributed by atoms with E-state index < -0.39 is 0 Å². The summed E-state index contributed by atoms with van der Waals surface area (Å²) in [6.07, 6.45) is 2.24. The number of hydrogen-bond donors (Lipinski definition) is 1. The molecule has 0 radical (unpaired) electrons. The lowest BCUT2D eigenvalue weighted by Gasteiger charge is -2.10. The van der Waals surface area contributed by atoms with Crippen molar-refractivity contribution in [1.82, 2.24) is 0 Å². The Balaban J connectivity index is 2.36. The summed E-state index contributed by atoms with van der Waals surface area (Å²) in [5.74, 6) is 1.54. The summed E-state index contributed by atoms with van der Waals surface area (Å²) in [5.41, 5.74) is 6.61. The van der Waals surface area contributed by atoms with Gasteiger partial charge in [-0.05, 0) is 24.1 Å². The smallest absolute Gasteiger partial charge is 0.123 e. The molecule has 102 valence electrons. The number of rotatable bonds is 9. The largest absolute Gasteiger partial charge is 0.497 e. The van der Waals surface area contributed by atoms with Gasteiger partial charge in [0.2, 0.25) is 0 Å². The fraction of sp³-hybridized carbons (Fsp3) is 0.571. The highest BCUT2D eigenvalue weighted by atomic mass is 16.5. The van der Waals surface area contributed by atoms with Gasteiger partial charge < -0.3 is 19.9 Å². The van der Waals surface area contributed by atoms with Gasteiger partial charge in [0.15, 0.2) is 0 Å². The number of hydrogen-bond acceptors (Lipinski definition) is 4. The van der Waals surface area contributed by atoms with Crippen molar-refractivity contribution in [2.24, 2.45) is 5.73 Å². The number of unbranched alkanes of at least 4 members (excludes halogenated alkanes) is 1. The minimum atomic E-state index is 0.473. The van der Waals surface area contributed by atoms with Crippen molar-refractivity contribution in [1.29, 1.82) is 0 Å². The molecule has 1 rings (SSSR count). The molecule has 0 aliphatic rings. The second-order valence-corrected chi connectivity index (χ2v) is 4.04. The van der Waals surface area contributed by atoms with Gasteiger partial charge in [0.05, 0.1) is 13.7 Å². The zero-order valence-corrected chi connectivity index (χ0v) is 11.3. The van der Waals surface area contributed by atoms with Crippen LogP contribution >= 0.6 is 0 Å². The monoisotopic (exact) mass is 253 g/mol. The predicted octanol–water partition coefficient (Wildman–Crippen LogP) is 2.35. The Kier molecular flexibility index (Phi) is 7.22. The molecule has 2 N–H and O–H groups in total. The Morgan fingerprint density at radius 1 is 1.06 bits per heavy atom. The van der Waals surface area contributed by atoms with Crippen LogP contribution in [0.4, 0.5) is 0 Å². The maximum absolute atomic E-state index is 5.62. The summed E-state index contributed by atoms with van der Waals surface area (Å²) in [6.45, 7) is 4.56. The minimum absolute atomic E-state index is 0.473. The minimum Gasteiger partial charge on any atom is -0.497 e. The van der Waals surface area contributed by atoms with Crippen LogP contribution in [0.15, 0.2) is 18.2 Å². The third-order valence-electron chi connectivity index (χ3n) is 2.55. The van der Waals surface area contributed by atoms with Crippen molar-refractivity contribution in [3.63, 3.8) is 0 Å². The second-order valence-electron chi connectivity index (χ2n) is 4.04. The van der Waals surface area contributed by atoms with Crippen LogP contribution in [0, 0.1) is 0 Å². The molecule has 0 heterocycles. The van der Waals surface area contributed by atoms with E-state index in [0.29, 0.717) is 19.8 Å². The number of nitrogens with two attached hydrogens (primary N) is 1. The molecular weight excluding hydrogens is 230 g/mol. The molecule has 0 amide bonds. The molecule has 0 aliphatic carbocycles. The van der Waals surface area contributed by atoms with Crippen LogP contribution in [0.5, 0.6) is 11.5 Å². The van der Waals surface area contributed by atoms with E-state index in [1.54, 1.807) is 7.11 Å². The summed E-state index contributed by atoms with van der Waals surface area (Å²) in [5, 5.41) is 0. The molecule has 0 fully saturated rings. The normalized spacial score (nSPS) is 10.4. The average Bonchev–Trinajstić information content (AvgIpc) is 2.42. The molecular formula is C14H23NO3. The van der Waals surface area contributed by atoms with Crippen LogP contribution < -0.4 is 15.2 Å². The summed E-state index contributed by atoms with van der Waals surface area (Å²) in [4.78, 5) is 0. The first-order valence-electron chi connectivity index (χ1n) is 6.38. The highest BCUT2D eigenvalue weighted by Gasteiger charge is 2.01. The van der Waals surface area contributed by atoms with Gasteiger partial charge in [-0.15, -0.1) is 0 Å². The molecule has 0 spiro atoms. The van der Waals surface area contributed by atoms with Gasteiger partial charge in [0.1, 0.15) is 18.1 Å². The van der Waals surface area contributed by atoms with E-state index in [1.165, 1.54) is 0 Å². The van der Waals surface area contributed by atoms with Crippen LogP contribution in [0.25, 0.3) is 0 Å². The first-order chi connectivity index (χ1) is 8.80. The zero-order valence-electron chi connectivity index (χ0n) is 11.3. The second kappa shape index (κ2) is 8.78. The maximum Gasteiger partial charge on any atom is 0.123 e. The van der Waals surface area contributed by atoms with Crippen molar-refractivity contribution in [3.8, 4) is 11.5 Å². The lowest BCUT2D eigenvalue weighted by atomic mass is 10.2. The Hall–Kier alpha value is -1.26. The molecule has 0 aliphatic heterocycles. The van der Waals surface area contributed by atoms with Crippen LogP contribution in [0.2, 0.25) is 0 Å². The maximum atomic E-state index is 5.62. The van der Waals surface area contributed by atoms with Crippen LogP contribution in [-0.4, -0.2) is 26.9 Å². The van der Waals surface area contributed by atoms with E-state index in [0.717, 1.165) is 36.5 Å². The summed E-state index contributed by atoms with van der Waals surface area (Å²) >= 11 is 0. The average molecular weight is 253 g/mol. The summed E-state index contributed by atoms with van der Waals surface area (Å²) < 4.78 is 16.2. The lowest BCUT2D eigenvalue weighted by molar-refractivity contribution is 0.0979. The molecule has 0 atom stereocenters. The van der Waals surface area contributed by atoms with Gasteiger partial charge in [0.25, 0.3) is 0 Å². The van der Waals surface area contributed by atoms with Crippen LogP contribution in [-0.2, 0) is 11.3 Å². The summed E-state index contributed by atoms with van der Waals surface area (Å²) in [6, 6.07) is 5.68. The van der Waals surface area contributed by atoms with E-state index in [9.17, 15) is 0 Å². The topological polar surface area (TPSA) is 53.7 Å². The number of benzene rings is 1. The highest BCUT2D eigenvalue weighted by molar-refractivity contribution is 5.38. The third kappa shape index (κ3) is 5.38. The summed E-state index contributed by atoms with van der Waals surface area (Å²) in [7, 11) is 1.63. The van der Waals surface area contributed by atoms with Crippen LogP contribution in [0.3, 0.4) is 0 Å². The third-order valence-corrected chi connectivity index (χ3v) is 2.55. The molecule has 1 aromatic rings. The van der Waals surface area contributed by atoms with Crippen LogP contribution in [0.1, 0.15) is 25.3 Å². The molecule has 0 bridgehead atoms. The number of methoxy groups -OCH3 is 1. The van der Waals surface area contributed by atoms with Gasteiger partial charge in [0, 0.05) is 19.2 Å². The lowest BCUT2D eigenvalue weighted by Crippen LogP contribution is -2.08. The van der Waals surface area contributed by atoms with Crippen molar-refractivity contribution >= 4 is 0 Å². The zero-order chi connectivity index (χ0) is 13.2. The van der Waals surface area contributed by atoms with Gasteiger partial charge in [-0.3, -0.25) is 0 Å². The fourth-order valence-electron chi connectivity index (χ4n) is 1.52. The first kappa shape index (κ1) is 14.8. The predicted molar refractivity (Wildman–Crippen MR) is 72.1 cm³/mol. The van der Waals surface area contributed by atoms with E-state index in [-0.39, 0.29) is 0 Å². The van der Waals surface area contributed by atoms with E-state index in [1.807, 2.05) is 18.2 Å². The fourth-order valence-corrected chi connectivity index (χ4v) is 1.52. The molecule has 0 saturated carbocycles. The number of ether oxygens (including phenoxy) is 3. The SMILES string of the molecule is CCCCOCCOc1cc(CN)cc(OC)c1. The van der Waals surface area contributed by atoms with Crippen molar-refractivity contribution in [2.45, 2.75) is 26.3 Å². The van der Waals surface area contributed by atoms with Crippen molar-refractivity contribution < 1.29 is 14.2 Å².